The highest BCUT2D eigenvalue weighted by atomic mass is 35.5. The summed E-state index contributed by atoms with van der Waals surface area (Å²) in [7, 11) is 0. The molecule has 120 valence electrons. The van der Waals surface area contributed by atoms with Gasteiger partial charge in [0.1, 0.15) is 0 Å². The van der Waals surface area contributed by atoms with Gasteiger partial charge in [0.25, 0.3) is 0 Å². The normalized spacial score (nSPS) is 18.1. The monoisotopic (exact) mass is 342 g/mol. The predicted octanol–water partition coefficient (Wildman–Crippen LogP) is 4.05. The van der Waals surface area contributed by atoms with E-state index in [0.29, 0.717) is 5.02 Å². The topological polar surface area (TPSA) is 15.3 Å². The average Bonchev–Trinajstić information content (AvgIpc) is 2.41. The molecule has 7 heteroatoms. The van der Waals surface area contributed by atoms with E-state index in [2.05, 4.69) is 10.2 Å². The molecule has 0 unspecified atom stereocenters. The highest BCUT2D eigenvalue weighted by molar-refractivity contribution is 6.30. The van der Waals surface area contributed by atoms with Crippen molar-refractivity contribution in [1.29, 1.82) is 0 Å². The molecule has 1 atom stereocenters. The van der Waals surface area contributed by atoms with Crippen molar-refractivity contribution in [3.05, 3.63) is 34.9 Å². The molecule has 0 aliphatic carbocycles. The molecule has 1 aliphatic rings. The second-order valence-corrected chi connectivity index (χ2v) is 5.44. The van der Waals surface area contributed by atoms with E-state index in [0.717, 1.165) is 31.7 Å². The van der Waals surface area contributed by atoms with Gasteiger partial charge < -0.3 is 5.32 Å². The average molecular weight is 343 g/mol. The number of alkyl halides is 3. The minimum atomic E-state index is -4.11. The van der Waals surface area contributed by atoms with E-state index in [4.69, 9.17) is 11.6 Å². The first-order valence-electron chi connectivity index (χ1n) is 6.73. The number of nitrogens with zero attached hydrogens (tertiary/aromatic N) is 1. The summed E-state index contributed by atoms with van der Waals surface area (Å²) in [4.78, 5) is 2.12. The van der Waals surface area contributed by atoms with Gasteiger partial charge in [0.05, 0.1) is 0 Å². The summed E-state index contributed by atoms with van der Waals surface area (Å²) in [5, 5.41) is 3.82. The van der Waals surface area contributed by atoms with Crippen LogP contribution in [0.25, 0.3) is 0 Å². The molecule has 0 aromatic heterocycles. The van der Waals surface area contributed by atoms with Crippen molar-refractivity contribution in [2.75, 3.05) is 26.2 Å². The van der Waals surface area contributed by atoms with Crippen molar-refractivity contribution in [2.45, 2.75) is 25.1 Å². The van der Waals surface area contributed by atoms with E-state index in [1.165, 1.54) is 0 Å². The van der Waals surface area contributed by atoms with Gasteiger partial charge in [-0.1, -0.05) is 23.7 Å². The van der Waals surface area contributed by atoms with Crippen LogP contribution in [-0.2, 0) is 0 Å². The molecular formula is C14H19Cl2F3N2. The van der Waals surface area contributed by atoms with Crippen LogP contribution >= 0.6 is 24.0 Å². The first-order chi connectivity index (χ1) is 9.46. The van der Waals surface area contributed by atoms with Crippen molar-refractivity contribution >= 4 is 24.0 Å². The number of nitrogens with one attached hydrogen (secondary N) is 1. The molecule has 1 aromatic carbocycles. The summed E-state index contributed by atoms with van der Waals surface area (Å²) in [6, 6.07) is 6.92. The minimum absolute atomic E-state index is 0. The zero-order valence-electron chi connectivity index (χ0n) is 11.5. The molecule has 1 heterocycles. The lowest BCUT2D eigenvalue weighted by Gasteiger charge is -2.35. The van der Waals surface area contributed by atoms with E-state index in [1.807, 2.05) is 12.1 Å². The summed E-state index contributed by atoms with van der Waals surface area (Å²) in [5.74, 6) is 0. The Morgan fingerprint density at radius 1 is 1.14 bits per heavy atom. The van der Waals surface area contributed by atoms with Gasteiger partial charge in [0.15, 0.2) is 0 Å². The molecule has 2 rings (SSSR count). The van der Waals surface area contributed by atoms with Crippen molar-refractivity contribution in [2.24, 2.45) is 0 Å². The minimum Gasteiger partial charge on any atom is -0.314 e. The number of halogens is 5. The Kier molecular flexibility index (Phi) is 7.27. The van der Waals surface area contributed by atoms with Gasteiger partial charge in [0, 0.05) is 43.7 Å². The third kappa shape index (κ3) is 6.02. The molecule has 0 spiro atoms. The van der Waals surface area contributed by atoms with Crippen LogP contribution in [0.4, 0.5) is 13.2 Å². The number of benzene rings is 1. The molecule has 1 fully saturated rings. The quantitative estimate of drug-likeness (QED) is 0.887. The summed E-state index contributed by atoms with van der Waals surface area (Å²) in [5.41, 5.74) is 0.903. The fraction of sp³-hybridized carbons (Fsp3) is 0.571. The maximum absolute atomic E-state index is 12.5. The number of hydrogen-bond donors (Lipinski definition) is 1. The molecule has 0 saturated carbocycles. The Morgan fingerprint density at radius 3 is 2.24 bits per heavy atom. The zero-order chi connectivity index (χ0) is 14.6. The molecule has 0 radical (unpaired) electrons. The SMILES string of the molecule is Cl.FC(F)(F)CC[C@H](c1ccc(Cl)cc1)N1CCNCC1. The zero-order valence-corrected chi connectivity index (χ0v) is 13.1. The van der Waals surface area contributed by atoms with Crippen LogP contribution in [0.3, 0.4) is 0 Å². The third-order valence-electron chi connectivity index (χ3n) is 3.55. The number of piperazine rings is 1. The van der Waals surface area contributed by atoms with E-state index in [1.54, 1.807) is 12.1 Å². The molecule has 21 heavy (non-hydrogen) atoms. The molecule has 1 N–H and O–H groups in total. The Morgan fingerprint density at radius 2 is 1.71 bits per heavy atom. The molecule has 1 saturated heterocycles. The molecule has 2 nitrogen and oxygen atoms in total. The first kappa shape index (κ1) is 18.6. The molecule has 1 aliphatic heterocycles. The van der Waals surface area contributed by atoms with Crippen LogP contribution in [0.1, 0.15) is 24.4 Å². The standard InChI is InChI=1S/C14H18ClF3N2.ClH/c15-12-3-1-11(2-4-12)13(5-6-14(16,17)18)20-9-7-19-8-10-20;/h1-4,13,19H,5-10H2;1H/t13-;/m1./s1. The number of hydrogen-bond acceptors (Lipinski definition) is 2. The summed E-state index contributed by atoms with van der Waals surface area (Å²) >= 11 is 5.85. The van der Waals surface area contributed by atoms with Crippen molar-refractivity contribution in [1.82, 2.24) is 10.2 Å². The van der Waals surface area contributed by atoms with Crippen LogP contribution in [0, 0.1) is 0 Å². The van der Waals surface area contributed by atoms with Crippen LogP contribution in [0.15, 0.2) is 24.3 Å². The third-order valence-corrected chi connectivity index (χ3v) is 3.80. The van der Waals surface area contributed by atoms with E-state index >= 15 is 0 Å². The van der Waals surface area contributed by atoms with Gasteiger partial charge in [-0.3, -0.25) is 4.90 Å². The van der Waals surface area contributed by atoms with Gasteiger partial charge >= 0.3 is 6.18 Å². The van der Waals surface area contributed by atoms with E-state index in [9.17, 15) is 13.2 Å². The van der Waals surface area contributed by atoms with Crippen LogP contribution in [0.5, 0.6) is 0 Å². The maximum atomic E-state index is 12.5. The molecule has 0 bridgehead atoms. The molecular weight excluding hydrogens is 324 g/mol. The van der Waals surface area contributed by atoms with Gasteiger partial charge in [-0.15, -0.1) is 12.4 Å². The largest absolute Gasteiger partial charge is 0.389 e. The van der Waals surface area contributed by atoms with Crippen molar-refractivity contribution < 1.29 is 13.2 Å². The fourth-order valence-corrected chi connectivity index (χ4v) is 2.67. The second kappa shape index (κ2) is 8.22. The van der Waals surface area contributed by atoms with E-state index in [-0.39, 0.29) is 24.9 Å². The van der Waals surface area contributed by atoms with E-state index < -0.39 is 12.6 Å². The van der Waals surface area contributed by atoms with Gasteiger partial charge in [-0.05, 0) is 24.1 Å². The second-order valence-electron chi connectivity index (χ2n) is 5.01. The van der Waals surface area contributed by atoms with Crippen molar-refractivity contribution in [3.63, 3.8) is 0 Å². The molecule has 0 amide bonds. The Balaban J connectivity index is 0.00000220. The first-order valence-corrected chi connectivity index (χ1v) is 7.10. The van der Waals surface area contributed by atoms with Crippen LogP contribution in [-0.4, -0.2) is 37.3 Å². The Bertz CT molecular complexity index is 417. The molecule has 1 aromatic rings. The van der Waals surface area contributed by atoms with Crippen LogP contribution in [0.2, 0.25) is 5.02 Å². The van der Waals surface area contributed by atoms with Gasteiger partial charge in [0.2, 0.25) is 0 Å². The summed E-state index contributed by atoms with van der Waals surface area (Å²) in [6.45, 7) is 3.17. The van der Waals surface area contributed by atoms with Crippen molar-refractivity contribution in [3.8, 4) is 0 Å². The smallest absolute Gasteiger partial charge is 0.314 e. The number of rotatable bonds is 4. The van der Waals surface area contributed by atoms with Crippen LogP contribution < -0.4 is 5.32 Å². The fourth-order valence-electron chi connectivity index (χ4n) is 2.54. The predicted molar refractivity (Wildman–Crippen MR) is 81.2 cm³/mol. The highest BCUT2D eigenvalue weighted by Gasteiger charge is 2.31. The van der Waals surface area contributed by atoms with Gasteiger partial charge in [-0.25, -0.2) is 0 Å². The Hall–Kier alpha value is -0.490. The lowest BCUT2D eigenvalue weighted by atomic mass is 9.99. The maximum Gasteiger partial charge on any atom is 0.389 e. The summed E-state index contributed by atoms with van der Waals surface area (Å²) in [6.07, 6.45) is -4.78. The Labute approximate surface area is 134 Å². The highest BCUT2D eigenvalue weighted by Crippen LogP contribution is 2.32. The summed E-state index contributed by atoms with van der Waals surface area (Å²) < 4.78 is 37.5. The lowest BCUT2D eigenvalue weighted by molar-refractivity contribution is -0.138. The van der Waals surface area contributed by atoms with Gasteiger partial charge in [-0.2, -0.15) is 13.2 Å². The lowest BCUT2D eigenvalue weighted by Crippen LogP contribution is -2.45.